The summed E-state index contributed by atoms with van der Waals surface area (Å²) in [6.45, 7) is 4.49. The van der Waals surface area contributed by atoms with E-state index >= 15 is 0 Å². The number of benzene rings is 1. The van der Waals surface area contributed by atoms with E-state index in [1.807, 2.05) is 12.1 Å². The summed E-state index contributed by atoms with van der Waals surface area (Å²) in [5, 5.41) is 11.7. The second-order valence-electron chi connectivity index (χ2n) is 3.64. The van der Waals surface area contributed by atoms with E-state index < -0.39 is 0 Å². The van der Waals surface area contributed by atoms with Crippen LogP contribution >= 0.6 is 15.9 Å². The van der Waals surface area contributed by atoms with Crippen molar-refractivity contribution < 1.29 is 0 Å². The Morgan fingerprint density at radius 2 is 1.93 bits per heavy atom. The molecule has 1 rings (SSSR count). The molecule has 0 bridgehead atoms. The number of rotatable bonds is 3. The summed E-state index contributed by atoms with van der Waals surface area (Å²) < 4.78 is 1.07. The molecule has 0 saturated heterocycles. The van der Waals surface area contributed by atoms with E-state index in [1.54, 1.807) is 0 Å². The fourth-order valence-electron chi connectivity index (χ4n) is 1.23. The van der Waals surface area contributed by atoms with Gasteiger partial charge >= 0.3 is 0 Å². The number of halogens is 1. The largest absolute Gasteiger partial charge is 0.295 e. The Morgan fingerprint density at radius 1 is 1.36 bits per heavy atom. The molecule has 14 heavy (non-hydrogen) atoms. The van der Waals surface area contributed by atoms with Crippen LogP contribution in [-0.4, -0.2) is 6.54 Å². The van der Waals surface area contributed by atoms with E-state index in [0.29, 0.717) is 6.54 Å². The fourth-order valence-corrected chi connectivity index (χ4v) is 1.49. The van der Waals surface area contributed by atoms with Crippen molar-refractivity contribution in [1.29, 1.82) is 5.26 Å². The molecule has 2 nitrogen and oxygen atoms in total. The van der Waals surface area contributed by atoms with Gasteiger partial charge in [-0.05, 0) is 31.5 Å². The van der Waals surface area contributed by atoms with Gasteiger partial charge in [-0.25, -0.2) is 0 Å². The van der Waals surface area contributed by atoms with E-state index in [0.717, 1.165) is 4.47 Å². The monoisotopic (exact) mass is 252 g/mol. The first-order valence-electron chi connectivity index (χ1n) is 4.44. The second kappa shape index (κ2) is 4.59. The van der Waals surface area contributed by atoms with Gasteiger partial charge in [-0.15, -0.1) is 0 Å². The first-order chi connectivity index (χ1) is 6.56. The second-order valence-corrected chi connectivity index (χ2v) is 4.56. The van der Waals surface area contributed by atoms with Crippen molar-refractivity contribution in [2.75, 3.05) is 6.54 Å². The molecule has 0 aliphatic carbocycles. The van der Waals surface area contributed by atoms with Crippen LogP contribution in [0.2, 0.25) is 0 Å². The van der Waals surface area contributed by atoms with Crippen molar-refractivity contribution in [2.45, 2.75) is 19.4 Å². The van der Waals surface area contributed by atoms with Gasteiger partial charge in [-0.3, -0.25) is 5.32 Å². The maximum absolute atomic E-state index is 8.50. The number of nitrogens with one attached hydrogen (secondary N) is 1. The molecule has 74 valence electrons. The predicted octanol–water partition coefficient (Wildman–Crippen LogP) is 2.80. The molecule has 3 heteroatoms. The molecule has 0 amide bonds. The lowest BCUT2D eigenvalue weighted by molar-refractivity contribution is 0.427. The Kier molecular flexibility index (Phi) is 3.68. The van der Waals surface area contributed by atoms with Gasteiger partial charge in [0.1, 0.15) is 0 Å². The van der Waals surface area contributed by atoms with Gasteiger partial charge < -0.3 is 0 Å². The Hall–Kier alpha value is -0.850. The third-order valence-corrected chi connectivity index (χ3v) is 2.70. The fraction of sp³-hybridized carbons (Fsp3) is 0.364. The summed E-state index contributed by atoms with van der Waals surface area (Å²) in [4.78, 5) is 0. The number of hydrogen-bond donors (Lipinski definition) is 1. The van der Waals surface area contributed by atoms with Crippen LogP contribution in [0.15, 0.2) is 28.7 Å². The minimum absolute atomic E-state index is 0.156. The smallest absolute Gasteiger partial charge is 0.0847 e. The van der Waals surface area contributed by atoms with Gasteiger partial charge in [0.05, 0.1) is 12.6 Å². The summed E-state index contributed by atoms with van der Waals surface area (Å²) in [5.74, 6) is 0. The maximum Gasteiger partial charge on any atom is 0.0847 e. The van der Waals surface area contributed by atoms with Crippen molar-refractivity contribution in [3.05, 3.63) is 34.3 Å². The minimum atomic E-state index is -0.156. The molecular formula is C11H13BrN2. The SMILES string of the molecule is CC(C)(NCC#N)c1ccc(Br)cc1. The van der Waals surface area contributed by atoms with Gasteiger partial charge in [0, 0.05) is 10.0 Å². The van der Waals surface area contributed by atoms with Crippen LogP contribution in [0.5, 0.6) is 0 Å². The van der Waals surface area contributed by atoms with Crippen molar-refractivity contribution >= 4 is 15.9 Å². The highest BCUT2D eigenvalue weighted by atomic mass is 79.9. The third-order valence-electron chi connectivity index (χ3n) is 2.18. The van der Waals surface area contributed by atoms with Crippen LogP contribution in [0, 0.1) is 11.3 Å². The van der Waals surface area contributed by atoms with Crippen LogP contribution in [-0.2, 0) is 5.54 Å². The lowest BCUT2D eigenvalue weighted by Gasteiger charge is -2.25. The van der Waals surface area contributed by atoms with Gasteiger partial charge in [-0.2, -0.15) is 5.26 Å². The molecule has 1 aromatic rings. The van der Waals surface area contributed by atoms with E-state index in [2.05, 4.69) is 53.3 Å². The molecule has 0 spiro atoms. The lowest BCUT2D eigenvalue weighted by Crippen LogP contribution is -2.36. The first kappa shape index (κ1) is 11.2. The lowest BCUT2D eigenvalue weighted by atomic mass is 9.94. The molecule has 0 aliphatic heterocycles. The van der Waals surface area contributed by atoms with Gasteiger partial charge in [0.15, 0.2) is 0 Å². The van der Waals surface area contributed by atoms with E-state index in [1.165, 1.54) is 5.56 Å². The molecule has 1 N–H and O–H groups in total. The summed E-state index contributed by atoms with van der Waals surface area (Å²) in [6.07, 6.45) is 0. The molecular weight excluding hydrogens is 240 g/mol. The predicted molar refractivity (Wildman–Crippen MR) is 60.8 cm³/mol. The highest BCUT2D eigenvalue weighted by molar-refractivity contribution is 9.10. The van der Waals surface area contributed by atoms with Crippen LogP contribution in [0.1, 0.15) is 19.4 Å². The molecule has 0 aliphatic rings. The normalized spacial score (nSPS) is 11.0. The van der Waals surface area contributed by atoms with Crippen LogP contribution in [0.25, 0.3) is 0 Å². The molecule has 1 aromatic carbocycles. The zero-order chi connectivity index (χ0) is 10.6. The van der Waals surface area contributed by atoms with Crippen LogP contribution in [0.3, 0.4) is 0 Å². The van der Waals surface area contributed by atoms with E-state index in [4.69, 9.17) is 5.26 Å². The summed E-state index contributed by atoms with van der Waals surface area (Å²) in [5.41, 5.74) is 1.02. The van der Waals surface area contributed by atoms with E-state index in [-0.39, 0.29) is 5.54 Å². The molecule has 0 radical (unpaired) electrons. The molecule has 0 aromatic heterocycles. The highest BCUT2D eigenvalue weighted by Crippen LogP contribution is 2.21. The summed E-state index contributed by atoms with van der Waals surface area (Å²) >= 11 is 3.39. The van der Waals surface area contributed by atoms with Crippen molar-refractivity contribution in [3.63, 3.8) is 0 Å². The van der Waals surface area contributed by atoms with Gasteiger partial charge in [0.25, 0.3) is 0 Å². The Balaban J connectivity index is 2.82. The Bertz CT molecular complexity index is 335. The van der Waals surface area contributed by atoms with Crippen LogP contribution < -0.4 is 5.32 Å². The maximum atomic E-state index is 8.50. The van der Waals surface area contributed by atoms with Crippen LogP contribution in [0.4, 0.5) is 0 Å². The number of hydrogen-bond acceptors (Lipinski definition) is 2. The molecule has 0 heterocycles. The Morgan fingerprint density at radius 3 is 2.43 bits per heavy atom. The average molecular weight is 253 g/mol. The quantitative estimate of drug-likeness (QED) is 0.841. The number of nitrogens with zero attached hydrogens (tertiary/aromatic N) is 1. The van der Waals surface area contributed by atoms with Gasteiger partial charge in [-0.1, -0.05) is 28.1 Å². The zero-order valence-electron chi connectivity index (χ0n) is 8.34. The minimum Gasteiger partial charge on any atom is -0.295 e. The van der Waals surface area contributed by atoms with Crippen molar-refractivity contribution in [1.82, 2.24) is 5.32 Å². The van der Waals surface area contributed by atoms with Crippen molar-refractivity contribution in [3.8, 4) is 6.07 Å². The van der Waals surface area contributed by atoms with Crippen molar-refractivity contribution in [2.24, 2.45) is 0 Å². The Labute approximate surface area is 93.1 Å². The molecule has 0 fully saturated rings. The summed E-state index contributed by atoms with van der Waals surface area (Å²) in [7, 11) is 0. The molecule has 0 saturated carbocycles. The number of nitriles is 1. The average Bonchev–Trinajstić information content (AvgIpc) is 2.16. The summed E-state index contributed by atoms with van der Waals surface area (Å²) in [6, 6.07) is 10.2. The van der Waals surface area contributed by atoms with E-state index in [9.17, 15) is 0 Å². The molecule has 0 unspecified atom stereocenters. The topological polar surface area (TPSA) is 35.8 Å². The van der Waals surface area contributed by atoms with Gasteiger partial charge in [0.2, 0.25) is 0 Å². The highest BCUT2D eigenvalue weighted by Gasteiger charge is 2.18. The molecule has 0 atom stereocenters. The standard InChI is InChI=1S/C11H13BrN2/c1-11(2,14-8-7-13)9-3-5-10(12)6-4-9/h3-6,14H,8H2,1-2H3. The zero-order valence-corrected chi connectivity index (χ0v) is 9.93. The third kappa shape index (κ3) is 2.83. The first-order valence-corrected chi connectivity index (χ1v) is 5.23.